The van der Waals surface area contributed by atoms with E-state index in [4.69, 9.17) is 15.0 Å². The van der Waals surface area contributed by atoms with Crippen LogP contribution in [-0.4, -0.2) is 17.7 Å². The maximum absolute atomic E-state index is 13.8. The first-order valence-corrected chi connectivity index (χ1v) is 13.8. The van der Waals surface area contributed by atoms with Crippen LogP contribution in [0, 0.1) is 5.41 Å². The summed E-state index contributed by atoms with van der Waals surface area (Å²) < 4.78 is 53.6. The van der Waals surface area contributed by atoms with Crippen molar-refractivity contribution in [2.24, 2.45) is 11.1 Å². The molecule has 3 aromatic rings. The zero-order valence-corrected chi connectivity index (χ0v) is 22.7. The third-order valence-corrected chi connectivity index (χ3v) is 9.23. The molecule has 2 bridgehead atoms. The van der Waals surface area contributed by atoms with Gasteiger partial charge >= 0.3 is 6.18 Å². The molecular weight excluding hydrogens is 517 g/mol. The van der Waals surface area contributed by atoms with Gasteiger partial charge in [0.25, 0.3) is 0 Å². The number of nitrogens with zero attached hydrogens (tertiary/aromatic N) is 1. The van der Waals surface area contributed by atoms with Gasteiger partial charge in [0.2, 0.25) is 5.91 Å². The quantitative estimate of drug-likeness (QED) is 0.330. The Labute approximate surface area is 231 Å². The van der Waals surface area contributed by atoms with Crippen molar-refractivity contribution in [1.82, 2.24) is 5.16 Å². The fourth-order valence-electron chi connectivity index (χ4n) is 6.14. The Morgan fingerprint density at radius 1 is 1.02 bits per heavy atom. The second kappa shape index (κ2) is 9.33. The molecule has 1 amide bonds. The Bertz CT molecular complexity index is 1440. The van der Waals surface area contributed by atoms with Gasteiger partial charge in [-0.15, -0.1) is 0 Å². The number of fused-ring (bicyclic) bond motifs is 3. The Balaban J connectivity index is 1.26. The number of carbonyl (C=O) groups is 1. The summed E-state index contributed by atoms with van der Waals surface area (Å²) in [7, 11) is 0. The van der Waals surface area contributed by atoms with Crippen molar-refractivity contribution in [2.45, 2.75) is 75.5 Å². The Morgan fingerprint density at radius 2 is 1.70 bits per heavy atom. The number of hydrogen-bond donors (Lipinski definition) is 1. The predicted octanol–water partition coefficient (Wildman–Crippen LogP) is 7.50. The van der Waals surface area contributed by atoms with Crippen LogP contribution in [0.5, 0.6) is 0 Å². The normalized spacial score (nSPS) is 25.0. The molecule has 2 aliphatic carbocycles. The Hall–Kier alpha value is -3.39. The van der Waals surface area contributed by atoms with Crippen LogP contribution in [0.2, 0.25) is 0 Å². The van der Waals surface area contributed by atoms with E-state index in [9.17, 15) is 18.0 Å². The van der Waals surface area contributed by atoms with E-state index in [1.54, 1.807) is 6.07 Å². The molecule has 4 aliphatic rings. The third kappa shape index (κ3) is 4.56. The number of nitrogens with two attached hydrogens (primary N) is 1. The maximum Gasteiger partial charge on any atom is 0.417 e. The summed E-state index contributed by atoms with van der Waals surface area (Å²) in [6, 6.07) is 13.5. The van der Waals surface area contributed by atoms with Gasteiger partial charge in [-0.05, 0) is 69.6 Å². The number of hydrogen-bond acceptors (Lipinski definition) is 4. The summed E-state index contributed by atoms with van der Waals surface area (Å²) in [4.78, 5) is 11.9. The smallest absolute Gasteiger partial charge is 0.369 e. The topological polar surface area (TPSA) is 78.4 Å². The van der Waals surface area contributed by atoms with Crippen molar-refractivity contribution < 1.29 is 27.2 Å². The standard InChI is InChI=1S/C32H33F3N2O3/c1-29(2,28(36)38)21-9-11-22(12-10-21)31-17-15-30(16-18-31,19-39-31)14-13-24-26(37-40-27(24)20-7-8-20)23-5-3-4-6-25(23)32(33,34)35/h3-6,9-14,20H,7-8,15-19H2,1-2H3,(H2,36,38)/b14-13+. The van der Waals surface area contributed by atoms with Crippen LogP contribution < -0.4 is 5.73 Å². The number of amides is 1. The molecule has 2 aromatic carbocycles. The highest BCUT2D eigenvalue weighted by atomic mass is 19.4. The van der Waals surface area contributed by atoms with Crippen molar-refractivity contribution in [3.63, 3.8) is 0 Å². The number of ether oxygens (including phenoxy) is 1. The average Bonchev–Trinajstić information content (AvgIpc) is 3.71. The van der Waals surface area contributed by atoms with Crippen molar-refractivity contribution in [2.75, 3.05) is 6.61 Å². The molecule has 2 saturated carbocycles. The maximum atomic E-state index is 13.8. The van der Waals surface area contributed by atoms with Crippen molar-refractivity contribution in [3.05, 3.63) is 82.6 Å². The number of aromatic nitrogens is 1. The molecule has 0 atom stereocenters. The monoisotopic (exact) mass is 550 g/mol. The zero-order valence-electron chi connectivity index (χ0n) is 22.7. The molecule has 40 heavy (non-hydrogen) atoms. The summed E-state index contributed by atoms with van der Waals surface area (Å²) in [5.41, 5.74) is 6.42. The van der Waals surface area contributed by atoms with E-state index < -0.39 is 17.2 Å². The molecule has 4 fully saturated rings. The van der Waals surface area contributed by atoms with Gasteiger partial charge < -0.3 is 15.0 Å². The molecule has 5 nitrogen and oxygen atoms in total. The van der Waals surface area contributed by atoms with Crippen molar-refractivity contribution in [1.29, 1.82) is 0 Å². The van der Waals surface area contributed by atoms with E-state index in [0.29, 0.717) is 17.9 Å². The van der Waals surface area contributed by atoms with Crippen LogP contribution in [0.3, 0.4) is 0 Å². The highest BCUT2D eigenvalue weighted by Crippen LogP contribution is 2.55. The molecule has 210 valence electrons. The lowest BCUT2D eigenvalue weighted by molar-refractivity contribution is -0.173. The lowest BCUT2D eigenvalue weighted by atomic mass is 9.64. The second-order valence-corrected chi connectivity index (χ2v) is 12.2. The van der Waals surface area contributed by atoms with E-state index in [1.807, 2.05) is 44.2 Å². The number of halogens is 3. The van der Waals surface area contributed by atoms with Gasteiger partial charge in [-0.25, -0.2) is 0 Å². The van der Waals surface area contributed by atoms with Crippen LogP contribution >= 0.6 is 0 Å². The zero-order chi connectivity index (χ0) is 28.3. The minimum Gasteiger partial charge on any atom is -0.369 e. The Morgan fingerprint density at radius 3 is 2.27 bits per heavy atom. The fourth-order valence-corrected chi connectivity index (χ4v) is 6.14. The molecule has 0 radical (unpaired) electrons. The van der Waals surface area contributed by atoms with E-state index in [1.165, 1.54) is 12.1 Å². The highest BCUT2D eigenvalue weighted by Gasteiger charge is 2.49. The van der Waals surface area contributed by atoms with Crippen LogP contribution in [0.1, 0.15) is 86.3 Å². The van der Waals surface area contributed by atoms with Gasteiger partial charge in [-0.2, -0.15) is 13.2 Å². The number of rotatable bonds is 7. The molecule has 7 rings (SSSR count). The lowest BCUT2D eigenvalue weighted by Crippen LogP contribution is -2.48. The second-order valence-electron chi connectivity index (χ2n) is 12.2. The average molecular weight is 551 g/mol. The number of carbonyl (C=O) groups excluding carboxylic acids is 1. The van der Waals surface area contributed by atoms with Gasteiger partial charge in [0.15, 0.2) is 0 Å². The molecule has 8 heteroatoms. The Kier molecular flexibility index (Phi) is 6.26. The van der Waals surface area contributed by atoms with E-state index in [0.717, 1.165) is 55.7 Å². The number of primary amides is 1. The first kappa shape index (κ1) is 26.8. The van der Waals surface area contributed by atoms with Gasteiger partial charge in [-0.3, -0.25) is 4.79 Å². The summed E-state index contributed by atoms with van der Waals surface area (Å²) in [5, 5.41) is 4.14. The fraction of sp³-hybridized carbons (Fsp3) is 0.438. The van der Waals surface area contributed by atoms with Gasteiger partial charge in [-0.1, -0.05) is 59.8 Å². The van der Waals surface area contributed by atoms with Crippen LogP contribution in [0.4, 0.5) is 13.2 Å². The van der Waals surface area contributed by atoms with Crippen molar-refractivity contribution >= 4 is 12.0 Å². The number of alkyl halides is 3. The summed E-state index contributed by atoms with van der Waals surface area (Å²) in [6.07, 6.45) is 4.91. The summed E-state index contributed by atoms with van der Waals surface area (Å²) >= 11 is 0. The first-order chi connectivity index (χ1) is 18.9. The SMILES string of the molecule is CC(C)(C(N)=O)c1ccc(C23CCC(/C=C/c4c(-c5ccccc5C(F)(F)F)noc4C4CC4)(CC2)CO3)cc1. The van der Waals surface area contributed by atoms with Gasteiger partial charge in [0, 0.05) is 22.5 Å². The van der Waals surface area contributed by atoms with Gasteiger partial charge in [0.1, 0.15) is 11.5 Å². The third-order valence-electron chi connectivity index (χ3n) is 9.23. The molecule has 2 saturated heterocycles. The molecular formula is C32H33F3N2O3. The first-order valence-electron chi connectivity index (χ1n) is 13.8. The predicted molar refractivity (Wildman–Crippen MR) is 145 cm³/mol. The molecule has 2 N–H and O–H groups in total. The van der Waals surface area contributed by atoms with Crippen LogP contribution in [0.25, 0.3) is 17.3 Å². The van der Waals surface area contributed by atoms with Gasteiger partial charge in [0.05, 0.1) is 23.2 Å². The molecule has 0 spiro atoms. The molecule has 0 unspecified atom stereocenters. The molecule has 3 heterocycles. The summed E-state index contributed by atoms with van der Waals surface area (Å²) in [5.74, 6) is 0.491. The minimum atomic E-state index is -4.49. The van der Waals surface area contributed by atoms with E-state index in [2.05, 4.69) is 11.2 Å². The minimum absolute atomic E-state index is 0.0355. The highest BCUT2D eigenvalue weighted by molar-refractivity contribution is 5.85. The molecule has 1 aromatic heterocycles. The molecule has 2 aliphatic heterocycles. The van der Waals surface area contributed by atoms with Crippen molar-refractivity contribution in [3.8, 4) is 11.3 Å². The van der Waals surface area contributed by atoms with Crippen LogP contribution in [0.15, 0.2) is 59.1 Å². The van der Waals surface area contributed by atoms with Crippen LogP contribution in [-0.2, 0) is 26.7 Å². The summed E-state index contributed by atoms with van der Waals surface area (Å²) in [6.45, 7) is 4.16. The number of benzene rings is 2. The van der Waals surface area contributed by atoms with E-state index in [-0.39, 0.29) is 34.1 Å². The lowest BCUT2D eigenvalue weighted by Gasteiger charge is -2.52. The van der Waals surface area contributed by atoms with E-state index >= 15 is 0 Å². The largest absolute Gasteiger partial charge is 0.417 e.